The number of benzene rings is 3. The van der Waals surface area contributed by atoms with Gasteiger partial charge in [0.1, 0.15) is 0 Å². The number of allylic oxidation sites excluding steroid dienone is 7. The number of hydrogen-bond acceptors (Lipinski definition) is 7. The van der Waals surface area contributed by atoms with Crippen molar-refractivity contribution < 1.29 is 39.5 Å². The van der Waals surface area contributed by atoms with Crippen molar-refractivity contribution in [2.45, 2.75) is 86.8 Å². The zero-order valence-electron chi connectivity index (χ0n) is 39.6. The van der Waals surface area contributed by atoms with Gasteiger partial charge < -0.3 is 24.9 Å². The molecule has 0 saturated carbocycles. The van der Waals surface area contributed by atoms with Gasteiger partial charge in [-0.15, -0.1) is 0 Å². The molecule has 0 aromatic heterocycles. The summed E-state index contributed by atoms with van der Waals surface area (Å²) in [7, 11) is 4.27. The SMILES string of the molecule is CC1(C)C(/C=C/C2=C(Nc3ccc(CCN)cc3)C(=C/C=C3/N(CCC[N+](C)(C)C)c4ccc(S(=O)(=O)O)cc4C3(C)C)/CCC2)=[N+](CCC[N+](C)(C)C)c2ccc(S(=O)(=O)O)cc21. The Kier molecular flexibility index (Phi) is 14.1. The largest absolute Gasteiger partial charge is 0.355 e. The van der Waals surface area contributed by atoms with Crippen LogP contribution in [0.5, 0.6) is 0 Å². The van der Waals surface area contributed by atoms with E-state index in [0.29, 0.717) is 6.54 Å². The Balaban J connectivity index is 1.48. The van der Waals surface area contributed by atoms with Crippen LogP contribution in [0.15, 0.2) is 117 Å². The third kappa shape index (κ3) is 11.2. The Morgan fingerprint density at radius 3 is 1.98 bits per heavy atom. The van der Waals surface area contributed by atoms with E-state index in [1.807, 2.05) is 12.1 Å². The van der Waals surface area contributed by atoms with Crippen LogP contribution in [0.25, 0.3) is 0 Å². The Morgan fingerprint density at radius 1 is 0.766 bits per heavy atom. The normalized spacial score (nSPS) is 19.0. The maximum absolute atomic E-state index is 12.3. The van der Waals surface area contributed by atoms with Gasteiger partial charge >= 0.3 is 0 Å². The first-order chi connectivity index (χ1) is 29.7. The molecule has 0 unspecified atom stereocenters. The molecule has 0 spiro atoms. The molecule has 3 aliphatic rings. The van der Waals surface area contributed by atoms with Crippen LogP contribution in [0.3, 0.4) is 0 Å². The Hall–Kier alpha value is -4.41. The van der Waals surface area contributed by atoms with Crippen molar-refractivity contribution in [1.29, 1.82) is 0 Å². The minimum Gasteiger partial charge on any atom is -0.355 e. The molecule has 2 aliphatic heterocycles. The number of fused-ring (bicyclic) bond motifs is 2. The van der Waals surface area contributed by atoms with Crippen molar-refractivity contribution in [2.24, 2.45) is 5.73 Å². The molecule has 0 atom stereocenters. The lowest BCUT2D eigenvalue weighted by Crippen LogP contribution is -2.37. The van der Waals surface area contributed by atoms with Gasteiger partial charge in [0.25, 0.3) is 20.2 Å². The van der Waals surface area contributed by atoms with E-state index in [4.69, 9.17) is 5.73 Å². The standard InChI is InChI=1S/C50H68N6O6S2/c1-49(2)42-34-40(63(57,58)59)22-24-44(42)53(30-12-32-55(5,6)7)46(49)26-18-37-14-11-15-38(48(37)52-39-20-16-36(17-21-39)28-29-51)19-27-47-50(3,4)43-35-41(64(60,61)62)23-25-45(43)54(47)31-13-33-56(8,9)10/h16-27,34-35H,11-15,28-33,51H2,1-10H3/p+3/b37-18+,46-26+. The van der Waals surface area contributed by atoms with Gasteiger partial charge in [-0.2, -0.15) is 21.4 Å². The molecule has 3 aromatic carbocycles. The lowest BCUT2D eigenvalue weighted by Gasteiger charge is -2.29. The molecule has 6 rings (SSSR count). The summed E-state index contributed by atoms with van der Waals surface area (Å²) in [5, 5.41) is 3.82. The molecule has 0 fully saturated rings. The summed E-state index contributed by atoms with van der Waals surface area (Å²) in [4.78, 5) is 2.08. The van der Waals surface area contributed by atoms with E-state index in [2.05, 4.69) is 133 Å². The molecular weight excluding hydrogens is 845 g/mol. The number of nitrogens with zero attached hydrogens (tertiary/aromatic N) is 4. The van der Waals surface area contributed by atoms with Crippen LogP contribution in [-0.4, -0.2) is 120 Å². The number of nitrogens with one attached hydrogen (secondary N) is 1. The van der Waals surface area contributed by atoms with Crippen molar-refractivity contribution in [2.75, 3.05) is 85.2 Å². The summed E-state index contributed by atoms with van der Waals surface area (Å²) in [5.74, 6) is 0. The highest BCUT2D eigenvalue weighted by molar-refractivity contribution is 7.86. The molecular formula is C50H71N6O6S2+3. The van der Waals surface area contributed by atoms with Crippen LogP contribution in [0.1, 0.15) is 76.5 Å². The highest BCUT2D eigenvalue weighted by Gasteiger charge is 2.45. The number of nitrogens with two attached hydrogens (primary N) is 1. The number of hydrogen-bond donors (Lipinski definition) is 4. The van der Waals surface area contributed by atoms with Crippen LogP contribution in [0.2, 0.25) is 0 Å². The monoisotopic (exact) mass is 915 g/mol. The first-order valence-electron chi connectivity index (χ1n) is 22.4. The summed E-state index contributed by atoms with van der Waals surface area (Å²) in [5.41, 5.74) is 15.8. The van der Waals surface area contributed by atoms with Gasteiger partial charge in [-0.05, 0) is 117 Å². The molecule has 64 heavy (non-hydrogen) atoms. The first kappa shape index (κ1) is 49.0. The smallest absolute Gasteiger partial charge is 0.294 e. The molecule has 346 valence electrons. The van der Waals surface area contributed by atoms with Crippen molar-refractivity contribution >= 4 is 43.0 Å². The van der Waals surface area contributed by atoms with Gasteiger partial charge in [0, 0.05) is 58.9 Å². The summed E-state index contributed by atoms with van der Waals surface area (Å²) >= 11 is 0. The van der Waals surface area contributed by atoms with Crippen LogP contribution in [0.4, 0.5) is 17.1 Å². The third-order valence-electron chi connectivity index (χ3n) is 12.8. The Morgan fingerprint density at radius 2 is 1.38 bits per heavy atom. The van der Waals surface area contributed by atoms with Crippen molar-refractivity contribution in [3.63, 3.8) is 0 Å². The minimum absolute atomic E-state index is 0.113. The maximum Gasteiger partial charge on any atom is 0.294 e. The van der Waals surface area contributed by atoms with E-state index in [1.54, 1.807) is 12.1 Å². The van der Waals surface area contributed by atoms with E-state index in [0.717, 1.165) is 130 Å². The second kappa shape index (κ2) is 18.5. The highest BCUT2D eigenvalue weighted by atomic mass is 32.2. The van der Waals surface area contributed by atoms with Gasteiger partial charge in [0.2, 0.25) is 5.69 Å². The van der Waals surface area contributed by atoms with E-state index in [1.165, 1.54) is 17.7 Å². The van der Waals surface area contributed by atoms with Crippen molar-refractivity contribution in [3.05, 3.63) is 124 Å². The Bertz CT molecular complexity index is 2640. The summed E-state index contributed by atoms with van der Waals surface area (Å²) in [6, 6.07) is 18.3. The molecule has 2 heterocycles. The fourth-order valence-electron chi connectivity index (χ4n) is 9.36. The molecule has 0 saturated heterocycles. The molecule has 5 N–H and O–H groups in total. The molecule has 0 radical (unpaired) electrons. The van der Waals surface area contributed by atoms with E-state index in [9.17, 15) is 25.9 Å². The fraction of sp³-hybridized carbons (Fsp3) is 0.460. The quantitative estimate of drug-likeness (QED) is 0.0601. The zero-order valence-corrected chi connectivity index (χ0v) is 41.2. The summed E-state index contributed by atoms with van der Waals surface area (Å²) < 4.78 is 73.3. The van der Waals surface area contributed by atoms with Crippen molar-refractivity contribution in [3.8, 4) is 0 Å². The third-order valence-corrected chi connectivity index (χ3v) is 14.5. The summed E-state index contributed by atoms with van der Waals surface area (Å²) in [6.07, 6.45) is 14.0. The average molecular weight is 916 g/mol. The fourth-order valence-corrected chi connectivity index (χ4v) is 10.4. The molecule has 0 amide bonds. The van der Waals surface area contributed by atoms with Gasteiger partial charge in [0.05, 0.1) is 77.0 Å². The Labute approximate surface area is 382 Å². The molecule has 0 bridgehead atoms. The predicted molar refractivity (Wildman–Crippen MR) is 260 cm³/mol. The number of quaternary nitrogens is 2. The van der Waals surface area contributed by atoms with Crippen LogP contribution in [0, 0.1) is 0 Å². The van der Waals surface area contributed by atoms with Crippen molar-refractivity contribution in [1.82, 2.24) is 0 Å². The highest BCUT2D eigenvalue weighted by Crippen LogP contribution is 2.49. The number of anilines is 2. The van der Waals surface area contributed by atoms with Crippen LogP contribution in [-0.2, 0) is 37.5 Å². The van der Waals surface area contributed by atoms with Gasteiger partial charge in [-0.25, -0.2) is 0 Å². The molecule has 1 aliphatic carbocycles. The zero-order chi connectivity index (χ0) is 47.0. The second-order valence-corrected chi connectivity index (χ2v) is 23.5. The van der Waals surface area contributed by atoms with E-state index in [-0.39, 0.29) is 9.79 Å². The van der Waals surface area contributed by atoms with Crippen LogP contribution >= 0.6 is 0 Å². The van der Waals surface area contributed by atoms with E-state index < -0.39 is 31.1 Å². The molecule has 12 nitrogen and oxygen atoms in total. The minimum atomic E-state index is -4.40. The number of rotatable bonds is 17. The average Bonchev–Trinajstić information content (AvgIpc) is 3.53. The molecule has 3 aromatic rings. The van der Waals surface area contributed by atoms with Gasteiger partial charge in [0.15, 0.2) is 12.3 Å². The van der Waals surface area contributed by atoms with E-state index >= 15 is 0 Å². The van der Waals surface area contributed by atoms with Gasteiger partial charge in [-0.3, -0.25) is 9.11 Å². The summed E-state index contributed by atoms with van der Waals surface area (Å²) in [6.45, 7) is 12.4. The second-order valence-electron chi connectivity index (χ2n) is 20.7. The van der Waals surface area contributed by atoms with Crippen LogP contribution < -0.4 is 16.0 Å². The topological polar surface area (TPSA) is 153 Å². The maximum atomic E-state index is 12.3. The molecule has 14 heteroatoms. The lowest BCUT2D eigenvalue weighted by atomic mass is 9.81. The first-order valence-corrected chi connectivity index (χ1v) is 25.3. The van der Waals surface area contributed by atoms with Gasteiger partial charge in [-0.1, -0.05) is 38.1 Å². The predicted octanol–water partition coefficient (Wildman–Crippen LogP) is 7.96. The lowest BCUT2D eigenvalue weighted by molar-refractivity contribution is -0.871.